The minimum absolute atomic E-state index is 0.184. The van der Waals surface area contributed by atoms with Gasteiger partial charge in [-0.05, 0) is 55.5 Å². The summed E-state index contributed by atoms with van der Waals surface area (Å²) in [6.45, 7) is 7.40. The molecule has 1 amide bonds. The molecule has 3 aromatic carbocycles. The minimum atomic E-state index is -3.67. The second-order valence-electron chi connectivity index (χ2n) is 9.11. The number of amides is 1. The normalized spacial score (nSPS) is 14.3. The molecule has 204 valence electrons. The predicted molar refractivity (Wildman–Crippen MR) is 155 cm³/mol. The van der Waals surface area contributed by atoms with Crippen LogP contribution in [-0.2, 0) is 10.0 Å². The smallest absolute Gasteiger partial charge is 0.261 e. The van der Waals surface area contributed by atoms with Gasteiger partial charge < -0.3 is 15.0 Å². The zero-order valence-corrected chi connectivity index (χ0v) is 23.3. The van der Waals surface area contributed by atoms with Crippen molar-refractivity contribution in [2.24, 2.45) is 0 Å². The SMILES string of the molecule is CCOc1cccc2sc(N3CCN(CCNC(=O)c4ccc(NS(=O)(=O)c5ccccc5)cc4)CC3)nc12. The summed E-state index contributed by atoms with van der Waals surface area (Å²) >= 11 is 1.69. The molecule has 0 unspecified atom stereocenters. The van der Waals surface area contributed by atoms with Crippen molar-refractivity contribution >= 4 is 48.3 Å². The van der Waals surface area contributed by atoms with Crippen molar-refractivity contribution in [3.63, 3.8) is 0 Å². The number of thiazole rings is 1. The number of hydrogen-bond donors (Lipinski definition) is 2. The molecule has 0 atom stereocenters. The van der Waals surface area contributed by atoms with Crippen molar-refractivity contribution < 1.29 is 17.9 Å². The summed E-state index contributed by atoms with van der Waals surface area (Å²) in [6.07, 6.45) is 0. The van der Waals surface area contributed by atoms with Gasteiger partial charge in [0, 0.05) is 50.5 Å². The van der Waals surface area contributed by atoms with E-state index in [0.29, 0.717) is 24.4 Å². The predicted octanol–water partition coefficient (Wildman–Crippen LogP) is 4.05. The lowest BCUT2D eigenvalue weighted by Gasteiger charge is -2.34. The lowest BCUT2D eigenvalue weighted by Crippen LogP contribution is -2.48. The van der Waals surface area contributed by atoms with E-state index in [1.165, 1.54) is 12.1 Å². The Kier molecular flexibility index (Phi) is 8.30. The molecular formula is C28H31N5O4S2. The number of anilines is 2. The van der Waals surface area contributed by atoms with E-state index in [9.17, 15) is 13.2 Å². The van der Waals surface area contributed by atoms with Gasteiger partial charge in [0.1, 0.15) is 11.3 Å². The van der Waals surface area contributed by atoms with Crippen LogP contribution in [-0.4, -0.2) is 70.1 Å². The fraction of sp³-hybridized carbons (Fsp3) is 0.286. The Morgan fingerprint density at radius 2 is 1.72 bits per heavy atom. The maximum atomic E-state index is 12.6. The van der Waals surface area contributed by atoms with Gasteiger partial charge in [0.25, 0.3) is 15.9 Å². The zero-order valence-electron chi connectivity index (χ0n) is 21.7. The Morgan fingerprint density at radius 3 is 2.44 bits per heavy atom. The van der Waals surface area contributed by atoms with Crippen LogP contribution in [0.1, 0.15) is 17.3 Å². The maximum absolute atomic E-state index is 12.6. The number of rotatable bonds is 10. The minimum Gasteiger partial charge on any atom is -0.492 e. The highest BCUT2D eigenvalue weighted by Gasteiger charge is 2.21. The third-order valence-electron chi connectivity index (χ3n) is 6.48. The highest BCUT2D eigenvalue weighted by molar-refractivity contribution is 7.92. The molecule has 9 nitrogen and oxygen atoms in total. The Bertz CT molecular complexity index is 1520. The number of nitrogens with one attached hydrogen (secondary N) is 2. The number of hydrogen-bond acceptors (Lipinski definition) is 8. The molecule has 0 spiro atoms. The summed E-state index contributed by atoms with van der Waals surface area (Å²) in [7, 11) is -3.67. The standard InChI is InChI=1S/C28H31N5O4S2/c1-2-37-24-9-6-10-25-26(24)30-28(38-25)33-19-17-32(18-20-33)16-15-29-27(34)21-11-13-22(14-12-21)31-39(35,36)23-7-4-3-5-8-23/h3-14,31H,2,15-20H2,1H3,(H,29,34). The summed E-state index contributed by atoms with van der Waals surface area (Å²) in [4.78, 5) is 22.3. The first-order valence-electron chi connectivity index (χ1n) is 12.9. The third-order valence-corrected chi connectivity index (χ3v) is 8.96. The van der Waals surface area contributed by atoms with Gasteiger partial charge in [-0.1, -0.05) is 35.6 Å². The molecule has 1 aliphatic rings. The molecule has 0 bridgehead atoms. The van der Waals surface area contributed by atoms with Crippen molar-refractivity contribution in [3.8, 4) is 5.75 Å². The van der Waals surface area contributed by atoms with E-state index in [1.54, 1.807) is 53.8 Å². The number of ether oxygens (including phenoxy) is 1. The van der Waals surface area contributed by atoms with E-state index in [4.69, 9.17) is 9.72 Å². The highest BCUT2D eigenvalue weighted by Crippen LogP contribution is 2.34. The number of piperazine rings is 1. The zero-order chi connectivity index (χ0) is 27.2. The summed E-state index contributed by atoms with van der Waals surface area (Å²) in [5.41, 5.74) is 1.80. The van der Waals surface area contributed by atoms with Crippen LogP contribution in [0.4, 0.5) is 10.8 Å². The van der Waals surface area contributed by atoms with E-state index in [0.717, 1.165) is 53.8 Å². The molecule has 1 fully saturated rings. The first-order chi connectivity index (χ1) is 18.9. The van der Waals surface area contributed by atoms with Gasteiger partial charge in [-0.3, -0.25) is 14.4 Å². The molecule has 4 aromatic rings. The molecule has 39 heavy (non-hydrogen) atoms. The average Bonchev–Trinajstić information content (AvgIpc) is 3.40. The van der Waals surface area contributed by atoms with Crippen molar-refractivity contribution in [2.75, 3.05) is 55.5 Å². The van der Waals surface area contributed by atoms with Gasteiger partial charge in [-0.15, -0.1) is 0 Å². The summed E-state index contributed by atoms with van der Waals surface area (Å²) in [6, 6.07) is 20.6. The van der Waals surface area contributed by atoms with Crippen LogP contribution in [0, 0.1) is 0 Å². The first kappa shape index (κ1) is 26.9. The first-order valence-corrected chi connectivity index (χ1v) is 15.2. The number of aromatic nitrogens is 1. The van der Waals surface area contributed by atoms with Gasteiger partial charge in [0.05, 0.1) is 16.2 Å². The second kappa shape index (κ2) is 12.0. The largest absolute Gasteiger partial charge is 0.492 e. The van der Waals surface area contributed by atoms with Crippen LogP contribution in [0.25, 0.3) is 10.2 Å². The molecule has 0 aliphatic carbocycles. The fourth-order valence-electron chi connectivity index (χ4n) is 4.41. The Morgan fingerprint density at radius 1 is 0.974 bits per heavy atom. The number of sulfonamides is 1. The monoisotopic (exact) mass is 565 g/mol. The molecule has 0 saturated carbocycles. The molecule has 1 aromatic heterocycles. The van der Waals surface area contributed by atoms with Crippen LogP contribution in [0.15, 0.2) is 77.7 Å². The quantitative estimate of drug-likeness (QED) is 0.299. The summed E-state index contributed by atoms with van der Waals surface area (Å²) in [5, 5.41) is 3.98. The van der Waals surface area contributed by atoms with Crippen LogP contribution in [0.5, 0.6) is 5.75 Å². The third kappa shape index (κ3) is 6.49. The number of carbonyl (C=O) groups excluding carboxylic acids is 1. The van der Waals surface area contributed by atoms with E-state index >= 15 is 0 Å². The van der Waals surface area contributed by atoms with Gasteiger partial charge >= 0.3 is 0 Å². The molecule has 5 rings (SSSR count). The van der Waals surface area contributed by atoms with Crippen molar-refractivity contribution in [2.45, 2.75) is 11.8 Å². The number of benzene rings is 3. The maximum Gasteiger partial charge on any atom is 0.261 e. The highest BCUT2D eigenvalue weighted by atomic mass is 32.2. The average molecular weight is 566 g/mol. The second-order valence-corrected chi connectivity index (χ2v) is 11.8. The molecule has 2 heterocycles. The van der Waals surface area contributed by atoms with Gasteiger partial charge in [-0.2, -0.15) is 0 Å². The van der Waals surface area contributed by atoms with Crippen LogP contribution < -0.4 is 19.7 Å². The fourth-order valence-corrected chi connectivity index (χ4v) is 6.53. The molecule has 1 aliphatic heterocycles. The molecule has 2 N–H and O–H groups in total. The van der Waals surface area contributed by atoms with Crippen LogP contribution in [0.3, 0.4) is 0 Å². The molecule has 0 radical (unpaired) electrons. The number of fused-ring (bicyclic) bond motifs is 1. The summed E-state index contributed by atoms with van der Waals surface area (Å²) in [5.74, 6) is 0.640. The van der Waals surface area contributed by atoms with Crippen molar-refractivity contribution in [1.29, 1.82) is 0 Å². The number of carbonyl (C=O) groups is 1. The molecule has 1 saturated heterocycles. The van der Waals surface area contributed by atoms with E-state index in [1.807, 2.05) is 19.1 Å². The van der Waals surface area contributed by atoms with Crippen LogP contribution in [0.2, 0.25) is 0 Å². The van der Waals surface area contributed by atoms with E-state index < -0.39 is 10.0 Å². The van der Waals surface area contributed by atoms with Gasteiger partial charge in [0.15, 0.2) is 5.13 Å². The van der Waals surface area contributed by atoms with Gasteiger partial charge in [0.2, 0.25) is 0 Å². The lowest BCUT2D eigenvalue weighted by molar-refractivity contribution is 0.0948. The summed E-state index contributed by atoms with van der Waals surface area (Å²) < 4.78 is 34.4. The molecular weight excluding hydrogens is 534 g/mol. The topological polar surface area (TPSA) is 104 Å². The van der Waals surface area contributed by atoms with E-state index in [2.05, 4.69) is 25.9 Å². The Balaban J connectivity index is 1.07. The molecule has 11 heteroatoms. The number of para-hydroxylation sites is 1. The van der Waals surface area contributed by atoms with E-state index in [-0.39, 0.29) is 10.8 Å². The van der Waals surface area contributed by atoms with Crippen LogP contribution >= 0.6 is 11.3 Å². The Labute approximate surface area is 232 Å². The van der Waals surface area contributed by atoms with Crippen molar-refractivity contribution in [1.82, 2.24) is 15.2 Å². The lowest BCUT2D eigenvalue weighted by atomic mass is 10.2. The van der Waals surface area contributed by atoms with Gasteiger partial charge in [-0.25, -0.2) is 13.4 Å². The number of nitrogens with zero attached hydrogens (tertiary/aromatic N) is 3. The Hall–Kier alpha value is -3.67. The van der Waals surface area contributed by atoms with Crippen molar-refractivity contribution in [3.05, 3.63) is 78.4 Å².